The number of hydrogen-bond acceptors (Lipinski definition) is 5. The van der Waals surface area contributed by atoms with Gasteiger partial charge < -0.3 is 14.2 Å². The number of hydrogen-bond donors (Lipinski definition) is 2. The van der Waals surface area contributed by atoms with E-state index in [1.54, 1.807) is 36.4 Å². The van der Waals surface area contributed by atoms with Gasteiger partial charge in [-0.2, -0.15) is 0 Å². The molecule has 0 aliphatic rings. The van der Waals surface area contributed by atoms with Gasteiger partial charge >= 0.3 is 7.82 Å². The third-order valence-electron chi connectivity index (χ3n) is 4.83. The first-order valence-electron chi connectivity index (χ1n) is 10.4. The average Bonchev–Trinajstić information content (AvgIpc) is 2.84. The van der Waals surface area contributed by atoms with E-state index in [-0.39, 0.29) is 23.0 Å². The number of carbonyl (C=O) groups excluding carboxylic acids is 1. The number of phenolic OH excluding ortho intramolecular Hbond substituents is 1. The van der Waals surface area contributed by atoms with E-state index in [1.165, 1.54) is 48.5 Å². The Labute approximate surface area is 197 Å². The van der Waals surface area contributed by atoms with Crippen molar-refractivity contribution >= 4 is 25.3 Å². The highest BCUT2D eigenvalue weighted by molar-refractivity contribution is 7.48. The third kappa shape index (κ3) is 6.01. The molecule has 4 rings (SSSR count). The fraction of sp³-hybridized carbons (Fsp3) is 0. The zero-order valence-electron chi connectivity index (χ0n) is 17.9. The Hall–Kier alpha value is -4.12. The molecule has 1 atom stereocenters. The van der Waals surface area contributed by atoms with Crippen LogP contribution in [0.3, 0.4) is 0 Å². The van der Waals surface area contributed by atoms with Gasteiger partial charge in [0.15, 0.2) is 5.78 Å². The second-order valence-corrected chi connectivity index (χ2v) is 8.64. The normalized spacial score (nSPS) is 13.0. The van der Waals surface area contributed by atoms with Crippen molar-refractivity contribution in [2.45, 2.75) is 0 Å². The molecule has 6 nitrogen and oxygen atoms in total. The van der Waals surface area contributed by atoms with E-state index in [9.17, 15) is 19.4 Å². The van der Waals surface area contributed by atoms with Gasteiger partial charge in [-0.05, 0) is 65.7 Å². The van der Waals surface area contributed by atoms with Crippen molar-refractivity contribution < 1.29 is 28.4 Å². The minimum Gasteiger partial charge on any atom is -0.508 e. The molecule has 0 fully saturated rings. The van der Waals surface area contributed by atoms with E-state index < -0.39 is 7.82 Å². The molecule has 34 heavy (non-hydrogen) atoms. The Balaban J connectivity index is 1.57. The van der Waals surface area contributed by atoms with Crippen molar-refractivity contribution in [1.82, 2.24) is 0 Å². The minimum atomic E-state index is -4.41. The van der Waals surface area contributed by atoms with Gasteiger partial charge in [0, 0.05) is 11.1 Å². The summed E-state index contributed by atoms with van der Waals surface area (Å²) in [5.74, 6) is 0.123. The fourth-order valence-electron chi connectivity index (χ4n) is 3.23. The Bertz CT molecular complexity index is 1330. The highest BCUT2D eigenvalue weighted by Gasteiger charge is 2.25. The van der Waals surface area contributed by atoms with E-state index in [2.05, 4.69) is 0 Å². The Kier molecular flexibility index (Phi) is 6.93. The van der Waals surface area contributed by atoms with Crippen LogP contribution in [0.5, 0.6) is 17.2 Å². The smallest absolute Gasteiger partial charge is 0.508 e. The fourth-order valence-corrected chi connectivity index (χ4v) is 4.04. The van der Waals surface area contributed by atoms with Crippen LogP contribution in [0.2, 0.25) is 0 Å². The summed E-state index contributed by atoms with van der Waals surface area (Å²) in [6.45, 7) is 0. The Morgan fingerprint density at radius 2 is 1.18 bits per heavy atom. The molecule has 0 bridgehead atoms. The molecule has 0 aromatic heterocycles. The number of Topliss-reactive ketones (excluding diaryl/α,β-unsaturated/α-hetero) is 1. The highest BCUT2D eigenvalue weighted by atomic mass is 31.2. The van der Waals surface area contributed by atoms with Crippen LogP contribution in [0.15, 0.2) is 109 Å². The van der Waals surface area contributed by atoms with Gasteiger partial charge in [0.05, 0.1) is 0 Å². The van der Waals surface area contributed by atoms with Gasteiger partial charge in [-0.1, -0.05) is 60.7 Å². The molecule has 0 spiro atoms. The lowest BCUT2D eigenvalue weighted by atomic mass is 9.94. The maximum absolute atomic E-state index is 13.4. The Morgan fingerprint density at radius 3 is 1.76 bits per heavy atom. The summed E-state index contributed by atoms with van der Waals surface area (Å²) in [4.78, 5) is 23.4. The number of rotatable bonds is 8. The largest absolute Gasteiger partial charge is 0.584 e. The molecule has 170 valence electrons. The van der Waals surface area contributed by atoms with Crippen molar-refractivity contribution in [3.05, 3.63) is 126 Å². The number of para-hydroxylation sites is 1. The van der Waals surface area contributed by atoms with E-state index >= 15 is 0 Å². The van der Waals surface area contributed by atoms with Crippen LogP contribution in [-0.2, 0) is 4.57 Å². The molecular weight excluding hydrogens is 451 g/mol. The highest BCUT2D eigenvalue weighted by Crippen LogP contribution is 2.44. The van der Waals surface area contributed by atoms with Crippen LogP contribution in [0.1, 0.15) is 21.5 Å². The number of phosphoric acid groups is 1. The van der Waals surface area contributed by atoms with Crippen molar-refractivity contribution in [2.75, 3.05) is 0 Å². The molecule has 0 heterocycles. The molecule has 4 aromatic carbocycles. The average molecular weight is 472 g/mol. The van der Waals surface area contributed by atoms with Gasteiger partial charge in [-0.25, -0.2) is 4.57 Å². The van der Waals surface area contributed by atoms with E-state index in [0.717, 1.165) is 5.56 Å². The van der Waals surface area contributed by atoms with Gasteiger partial charge in [0.2, 0.25) is 0 Å². The van der Waals surface area contributed by atoms with Crippen molar-refractivity contribution in [3.8, 4) is 17.2 Å². The first-order valence-corrected chi connectivity index (χ1v) is 11.9. The number of phosphoric ester groups is 1. The number of benzene rings is 4. The molecule has 0 aliphatic carbocycles. The first-order chi connectivity index (χ1) is 16.4. The standard InChI is InChI=1S/C27H21O6P/c28-23-15-11-21(12-16-23)26(19-20-7-3-1-4-8-20)27(29)22-13-17-25(18-14-22)33-34(30,31)32-24-9-5-2-6-10-24/h1-19,28H,(H,30,31). The summed E-state index contributed by atoms with van der Waals surface area (Å²) in [6, 6.07) is 29.9. The first kappa shape index (κ1) is 23.1. The van der Waals surface area contributed by atoms with Crippen molar-refractivity contribution in [2.24, 2.45) is 0 Å². The number of phenols is 1. The van der Waals surface area contributed by atoms with Gasteiger partial charge in [-0.3, -0.25) is 9.69 Å². The molecule has 7 heteroatoms. The number of ketones is 1. The second-order valence-electron chi connectivity index (χ2n) is 7.33. The summed E-state index contributed by atoms with van der Waals surface area (Å²) in [5, 5.41) is 9.63. The summed E-state index contributed by atoms with van der Waals surface area (Å²) in [6.07, 6.45) is 1.77. The van der Waals surface area contributed by atoms with Crippen molar-refractivity contribution in [3.63, 3.8) is 0 Å². The number of carbonyl (C=O) groups is 1. The van der Waals surface area contributed by atoms with E-state index in [4.69, 9.17) is 9.05 Å². The van der Waals surface area contributed by atoms with Gasteiger partial charge in [0.25, 0.3) is 0 Å². The van der Waals surface area contributed by atoms with Crippen LogP contribution >= 0.6 is 7.82 Å². The maximum atomic E-state index is 13.4. The summed E-state index contributed by atoms with van der Waals surface area (Å²) < 4.78 is 22.5. The molecule has 0 saturated heterocycles. The zero-order chi connectivity index (χ0) is 24.0. The monoisotopic (exact) mass is 472 g/mol. The van der Waals surface area contributed by atoms with Crippen LogP contribution in [0.25, 0.3) is 11.6 Å². The minimum absolute atomic E-state index is 0.0801. The molecular formula is C27H21O6P. The lowest BCUT2D eigenvalue weighted by molar-refractivity contribution is 0.105. The molecule has 2 N–H and O–H groups in total. The maximum Gasteiger partial charge on any atom is 0.584 e. The summed E-state index contributed by atoms with van der Waals surface area (Å²) in [7, 11) is -4.41. The molecule has 0 aliphatic heterocycles. The quantitative estimate of drug-likeness (QED) is 0.134. The topological polar surface area (TPSA) is 93.1 Å². The van der Waals surface area contributed by atoms with Crippen LogP contribution in [0.4, 0.5) is 0 Å². The predicted octanol–water partition coefficient (Wildman–Crippen LogP) is 6.37. The lowest BCUT2D eigenvalue weighted by Gasteiger charge is -2.14. The van der Waals surface area contributed by atoms with Crippen molar-refractivity contribution in [1.29, 1.82) is 0 Å². The molecule has 1 unspecified atom stereocenters. The molecule has 0 saturated carbocycles. The predicted molar refractivity (Wildman–Crippen MR) is 131 cm³/mol. The summed E-state index contributed by atoms with van der Waals surface area (Å²) in [5.41, 5.74) is 2.28. The molecule has 4 aromatic rings. The lowest BCUT2D eigenvalue weighted by Crippen LogP contribution is -2.04. The molecule has 0 amide bonds. The van der Waals surface area contributed by atoms with Gasteiger partial charge in [-0.15, -0.1) is 0 Å². The van der Waals surface area contributed by atoms with Crippen LogP contribution < -0.4 is 9.05 Å². The van der Waals surface area contributed by atoms with Crippen LogP contribution in [-0.4, -0.2) is 15.8 Å². The zero-order valence-corrected chi connectivity index (χ0v) is 18.8. The van der Waals surface area contributed by atoms with Crippen LogP contribution in [0, 0.1) is 0 Å². The Morgan fingerprint density at radius 1 is 0.676 bits per heavy atom. The van der Waals surface area contributed by atoms with Gasteiger partial charge in [0.1, 0.15) is 17.2 Å². The third-order valence-corrected chi connectivity index (χ3v) is 5.72. The second kappa shape index (κ2) is 10.2. The van der Waals surface area contributed by atoms with E-state index in [1.807, 2.05) is 30.3 Å². The SMILES string of the molecule is O=C(C(=Cc1ccccc1)c1ccc(O)cc1)c1ccc(OP(=O)(O)Oc2ccccc2)cc1. The molecule has 0 radical (unpaired) electrons. The van der Waals surface area contributed by atoms with E-state index in [0.29, 0.717) is 16.7 Å². The summed E-state index contributed by atoms with van der Waals surface area (Å²) >= 11 is 0. The number of allylic oxidation sites excluding steroid dienone is 1. The number of aromatic hydroxyl groups is 1.